The molecule has 2 aliphatic rings. The van der Waals surface area contributed by atoms with Crippen molar-refractivity contribution in [3.63, 3.8) is 0 Å². The summed E-state index contributed by atoms with van der Waals surface area (Å²) in [5.41, 5.74) is 1.22. The molecule has 1 heterocycles. The molecule has 5 rings (SSSR count). The smallest absolute Gasteiger partial charge is 0.238 e. The van der Waals surface area contributed by atoms with Crippen LogP contribution in [0.1, 0.15) is 43.7 Å². The first-order valence-corrected chi connectivity index (χ1v) is 12.0. The van der Waals surface area contributed by atoms with E-state index in [0.29, 0.717) is 13.0 Å². The minimum atomic E-state index is -0.674. The number of piperidine rings is 1. The number of methoxy groups -OCH3 is 1. The molecule has 1 saturated heterocycles. The first kappa shape index (κ1) is 21.9. The Labute approximate surface area is 195 Å². The molecule has 3 aromatic carbocycles. The number of nitrogens with zero attached hydrogens (tertiary/aromatic N) is 1. The summed E-state index contributed by atoms with van der Waals surface area (Å²) in [4.78, 5) is 15.5. The van der Waals surface area contributed by atoms with E-state index in [4.69, 9.17) is 4.74 Å². The predicted molar refractivity (Wildman–Crippen MR) is 131 cm³/mol. The van der Waals surface area contributed by atoms with Crippen molar-refractivity contribution < 1.29 is 14.6 Å². The minimum Gasteiger partial charge on any atom is -0.496 e. The van der Waals surface area contributed by atoms with E-state index in [9.17, 15) is 9.90 Å². The molecule has 33 heavy (non-hydrogen) atoms. The highest BCUT2D eigenvalue weighted by Crippen LogP contribution is 2.50. The van der Waals surface area contributed by atoms with Gasteiger partial charge in [-0.2, -0.15) is 0 Å². The molecule has 3 aromatic rings. The van der Waals surface area contributed by atoms with Gasteiger partial charge in [-0.25, -0.2) is 0 Å². The lowest BCUT2D eigenvalue weighted by Crippen LogP contribution is -2.56. The normalized spacial score (nSPS) is 25.4. The predicted octanol–water partition coefficient (Wildman–Crippen LogP) is 5.16. The number of carbonyl (C=O) groups is 1. The summed E-state index contributed by atoms with van der Waals surface area (Å²) in [7, 11) is 1.69. The highest BCUT2D eigenvalue weighted by atomic mass is 16.5. The number of carbonyl (C=O) groups excluding carboxylic acids is 1. The number of benzene rings is 3. The van der Waals surface area contributed by atoms with Gasteiger partial charge in [0.25, 0.3) is 0 Å². The van der Waals surface area contributed by atoms with Crippen LogP contribution < -0.4 is 10.1 Å². The lowest BCUT2D eigenvalue weighted by atomic mass is 9.66. The summed E-state index contributed by atoms with van der Waals surface area (Å²) < 4.78 is 5.70. The van der Waals surface area contributed by atoms with Crippen LogP contribution in [0, 0.1) is 5.92 Å². The largest absolute Gasteiger partial charge is 0.496 e. The van der Waals surface area contributed by atoms with Gasteiger partial charge < -0.3 is 15.2 Å². The van der Waals surface area contributed by atoms with Crippen molar-refractivity contribution >= 4 is 22.4 Å². The van der Waals surface area contributed by atoms with Gasteiger partial charge in [0.1, 0.15) is 5.75 Å². The van der Waals surface area contributed by atoms with Crippen LogP contribution >= 0.6 is 0 Å². The number of hydrogen-bond donors (Lipinski definition) is 2. The Bertz CT molecular complexity index is 1140. The Morgan fingerprint density at radius 1 is 1.06 bits per heavy atom. The Kier molecular flexibility index (Phi) is 6.09. The van der Waals surface area contributed by atoms with Crippen LogP contribution in [0.15, 0.2) is 66.7 Å². The van der Waals surface area contributed by atoms with Crippen LogP contribution in [0.5, 0.6) is 5.75 Å². The van der Waals surface area contributed by atoms with E-state index in [2.05, 4.69) is 28.4 Å². The molecule has 1 saturated carbocycles. The fraction of sp³-hybridized carbons (Fsp3) is 0.393. The maximum Gasteiger partial charge on any atom is 0.238 e. The molecule has 0 radical (unpaired) electrons. The van der Waals surface area contributed by atoms with Gasteiger partial charge in [0.15, 0.2) is 0 Å². The summed E-state index contributed by atoms with van der Waals surface area (Å²) in [6.07, 6.45) is 4.66. The zero-order chi connectivity index (χ0) is 22.8. The average Bonchev–Trinajstić information content (AvgIpc) is 2.84. The van der Waals surface area contributed by atoms with E-state index in [0.717, 1.165) is 53.5 Å². The molecule has 0 unspecified atom stereocenters. The van der Waals surface area contributed by atoms with Gasteiger partial charge >= 0.3 is 0 Å². The molecule has 5 heteroatoms. The molecule has 0 bridgehead atoms. The van der Waals surface area contributed by atoms with E-state index in [1.165, 1.54) is 0 Å². The summed E-state index contributed by atoms with van der Waals surface area (Å²) in [5, 5.41) is 16.8. The molecule has 172 valence electrons. The standard InChI is InChI=1S/C28H32N2O3/c1-33-25-15-5-4-12-22(25)27-23-13-6-7-16-28(23,32)17-18-30(27)19-26(31)29-24-14-8-10-20-9-2-3-11-21(20)24/h2-5,8-12,14-15,23,27,32H,6-7,13,16-19H2,1H3,(H,29,31)/t23-,27-,28-/m1/s1. The van der Waals surface area contributed by atoms with Gasteiger partial charge in [-0.05, 0) is 36.8 Å². The van der Waals surface area contributed by atoms with Crippen LogP contribution in [0.3, 0.4) is 0 Å². The summed E-state index contributed by atoms with van der Waals surface area (Å²) in [6, 6.07) is 22.0. The number of anilines is 1. The number of aliphatic hydroxyl groups is 1. The zero-order valence-electron chi connectivity index (χ0n) is 19.2. The van der Waals surface area contributed by atoms with Crippen molar-refractivity contribution in [3.8, 4) is 5.75 Å². The first-order valence-electron chi connectivity index (χ1n) is 12.0. The third kappa shape index (κ3) is 4.23. The number of hydrogen-bond acceptors (Lipinski definition) is 4. The van der Waals surface area contributed by atoms with Crippen molar-refractivity contribution in [3.05, 3.63) is 72.3 Å². The van der Waals surface area contributed by atoms with Crippen LogP contribution in [0.4, 0.5) is 5.69 Å². The second-order valence-electron chi connectivity index (χ2n) is 9.44. The van der Waals surface area contributed by atoms with Gasteiger partial charge in [-0.1, -0.05) is 67.4 Å². The van der Waals surface area contributed by atoms with E-state index >= 15 is 0 Å². The van der Waals surface area contributed by atoms with Crippen LogP contribution in [0.2, 0.25) is 0 Å². The molecule has 1 aliphatic heterocycles. The number of nitrogens with one attached hydrogen (secondary N) is 1. The number of ether oxygens (including phenoxy) is 1. The van der Waals surface area contributed by atoms with E-state index in [-0.39, 0.29) is 24.4 Å². The van der Waals surface area contributed by atoms with Crippen LogP contribution in [-0.4, -0.2) is 41.7 Å². The molecule has 0 aromatic heterocycles. The molecule has 1 aliphatic carbocycles. The van der Waals surface area contributed by atoms with Gasteiger partial charge in [0.2, 0.25) is 5.91 Å². The maximum absolute atomic E-state index is 13.2. The van der Waals surface area contributed by atoms with E-state index in [1.807, 2.05) is 48.5 Å². The topological polar surface area (TPSA) is 61.8 Å². The van der Waals surface area contributed by atoms with Gasteiger partial charge in [0, 0.05) is 35.1 Å². The number of amides is 1. The Morgan fingerprint density at radius 2 is 1.85 bits per heavy atom. The lowest BCUT2D eigenvalue weighted by molar-refractivity contribution is -0.135. The average molecular weight is 445 g/mol. The first-order chi connectivity index (χ1) is 16.1. The van der Waals surface area contributed by atoms with Crippen molar-refractivity contribution in [2.24, 2.45) is 5.92 Å². The number of para-hydroxylation sites is 1. The van der Waals surface area contributed by atoms with Crippen LogP contribution in [-0.2, 0) is 4.79 Å². The quantitative estimate of drug-likeness (QED) is 0.571. The van der Waals surface area contributed by atoms with Gasteiger partial charge in [0.05, 0.1) is 19.3 Å². The van der Waals surface area contributed by atoms with Gasteiger partial charge in [-0.15, -0.1) is 0 Å². The monoisotopic (exact) mass is 444 g/mol. The van der Waals surface area contributed by atoms with Crippen molar-refractivity contribution in [1.29, 1.82) is 0 Å². The number of rotatable bonds is 5. The third-order valence-corrected chi connectivity index (χ3v) is 7.54. The molecule has 2 N–H and O–H groups in total. The second-order valence-corrected chi connectivity index (χ2v) is 9.44. The fourth-order valence-electron chi connectivity index (χ4n) is 5.95. The van der Waals surface area contributed by atoms with Crippen molar-refractivity contribution in [2.45, 2.75) is 43.7 Å². The SMILES string of the molecule is COc1ccccc1[C@@H]1[C@H]2CCCC[C@@]2(O)CCN1CC(=O)Nc1cccc2ccccc12. The molecular formula is C28H32N2O3. The Hall–Kier alpha value is -2.89. The van der Waals surface area contributed by atoms with Gasteiger partial charge in [-0.3, -0.25) is 9.69 Å². The highest BCUT2D eigenvalue weighted by molar-refractivity contribution is 6.02. The highest BCUT2D eigenvalue weighted by Gasteiger charge is 2.49. The molecule has 3 atom stereocenters. The number of likely N-dealkylation sites (tertiary alicyclic amines) is 1. The maximum atomic E-state index is 13.2. The number of fused-ring (bicyclic) bond motifs is 2. The van der Waals surface area contributed by atoms with Crippen LogP contribution in [0.25, 0.3) is 10.8 Å². The minimum absolute atomic E-state index is 0.0347. The second kappa shape index (κ2) is 9.16. The fourth-order valence-corrected chi connectivity index (χ4v) is 5.95. The molecular weight excluding hydrogens is 412 g/mol. The van der Waals surface area contributed by atoms with E-state index in [1.54, 1.807) is 7.11 Å². The van der Waals surface area contributed by atoms with E-state index < -0.39 is 5.60 Å². The lowest BCUT2D eigenvalue weighted by Gasteiger charge is -2.52. The van der Waals surface area contributed by atoms with Crippen molar-refractivity contribution in [2.75, 3.05) is 25.5 Å². The third-order valence-electron chi connectivity index (χ3n) is 7.54. The molecule has 0 spiro atoms. The Morgan fingerprint density at radius 3 is 2.73 bits per heavy atom. The molecule has 1 amide bonds. The molecule has 2 fully saturated rings. The Balaban J connectivity index is 1.43. The summed E-state index contributed by atoms with van der Waals surface area (Å²) in [6.45, 7) is 0.956. The van der Waals surface area contributed by atoms with Crippen molar-refractivity contribution in [1.82, 2.24) is 4.90 Å². The molecule has 5 nitrogen and oxygen atoms in total. The summed E-state index contributed by atoms with van der Waals surface area (Å²) >= 11 is 0. The summed E-state index contributed by atoms with van der Waals surface area (Å²) in [5.74, 6) is 0.867. The zero-order valence-corrected chi connectivity index (χ0v) is 19.2.